The van der Waals surface area contributed by atoms with Crippen molar-refractivity contribution in [3.8, 4) is 9.75 Å². The number of rotatable bonds is 5. The first kappa shape index (κ1) is 14.9. The van der Waals surface area contributed by atoms with E-state index in [4.69, 9.17) is 0 Å². The van der Waals surface area contributed by atoms with Crippen molar-refractivity contribution in [2.75, 3.05) is 26.2 Å². The van der Waals surface area contributed by atoms with Gasteiger partial charge in [-0.2, -0.15) is 0 Å². The summed E-state index contributed by atoms with van der Waals surface area (Å²) in [5.74, 6) is 0. The van der Waals surface area contributed by atoms with Crippen LogP contribution in [-0.4, -0.2) is 36.0 Å². The summed E-state index contributed by atoms with van der Waals surface area (Å²) in [4.78, 5) is 11.1. The minimum absolute atomic E-state index is 1.15. The minimum Gasteiger partial charge on any atom is -0.298 e. The summed E-state index contributed by atoms with van der Waals surface area (Å²) in [5.41, 5.74) is 0. The molecule has 4 heterocycles. The summed E-state index contributed by atoms with van der Waals surface area (Å²) in [5, 5.41) is 0. The Kier molecular flexibility index (Phi) is 4.62. The van der Waals surface area contributed by atoms with Crippen LogP contribution < -0.4 is 0 Å². The van der Waals surface area contributed by atoms with E-state index in [0.29, 0.717) is 0 Å². The third-order valence-electron chi connectivity index (χ3n) is 4.72. The zero-order valence-corrected chi connectivity index (χ0v) is 14.7. The highest BCUT2D eigenvalue weighted by Crippen LogP contribution is 2.35. The first-order valence-corrected chi connectivity index (χ1v) is 10.1. The standard InChI is InChI=1S/C18H24N2S2/c1-2-10-19(9-1)13-15-5-7-17(21-15)18-8-6-16(22-18)14-20-11-3-4-12-20/h5-8H,1-4,9-14H2. The maximum atomic E-state index is 2.59. The highest BCUT2D eigenvalue weighted by Gasteiger charge is 2.15. The Morgan fingerprint density at radius 1 is 0.636 bits per heavy atom. The van der Waals surface area contributed by atoms with Crippen LogP contribution in [0.2, 0.25) is 0 Å². The Morgan fingerprint density at radius 2 is 1.05 bits per heavy atom. The van der Waals surface area contributed by atoms with Crippen molar-refractivity contribution in [1.29, 1.82) is 0 Å². The molecule has 4 heteroatoms. The molecule has 0 amide bonds. The number of thiophene rings is 2. The lowest BCUT2D eigenvalue weighted by molar-refractivity contribution is 0.334. The van der Waals surface area contributed by atoms with E-state index in [1.54, 1.807) is 0 Å². The third-order valence-corrected chi connectivity index (χ3v) is 7.06. The Labute approximate surface area is 141 Å². The Balaban J connectivity index is 1.41. The summed E-state index contributed by atoms with van der Waals surface area (Å²) in [6, 6.07) is 9.31. The Morgan fingerprint density at radius 3 is 1.45 bits per heavy atom. The second-order valence-electron chi connectivity index (χ2n) is 6.50. The zero-order chi connectivity index (χ0) is 14.8. The van der Waals surface area contributed by atoms with Gasteiger partial charge in [0.05, 0.1) is 0 Å². The molecule has 22 heavy (non-hydrogen) atoms. The van der Waals surface area contributed by atoms with Crippen LogP contribution in [0.5, 0.6) is 0 Å². The second-order valence-corrected chi connectivity index (χ2v) is 8.84. The molecule has 0 aromatic carbocycles. The third kappa shape index (κ3) is 3.46. The van der Waals surface area contributed by atoms with Gasteiger partial charge in [-0.05, 0) is 76.1 Å². The molecular formula is C18H24N2S2. The molecule has 2 aliphatic heterocycles. The molecular weight excluding hydrogens is 308 g/mol. The van der Waals surface area contributed by atoms with Crippen molar-refractivity contribution < 1.29 is 0 Å². The van der Waals surface area contributed by atoms with Gasteiger partial charge in [0, 0.05) is 32.6 Å². The van der Waals surface area contributed by atoms with E-state index in [2.05, 4.69) is 34.1 Å². The molecule has 2 aromatic heterocycles. The predicted molar refractivity (Wildman–Crippen MR) is 96.7 cm³/mol. The van der Waals surface area contributed by atoms with E-state index in [-0.39, 0.29) is 0 Å². The van der Waals surface area contributed by atoms with Gasteiger partial charge in [-0.15, -0.1) is 22.7 Å². The summed E-state index contributed by atoms with van der Waals surface area (Å²) in [6.07, 6.45) is 5.51. The highest BCUT2D eigenvalue weighted by molar-refractivity contribution is 7.22. The van der Waals surface area contributed by atoms with Crippen molar-refractivity contribution in [1.82, 2.24) is 9.80 Å². The highest BCUT2D eigenvalue weighted by atomic mass is 32.1. The van der Waals surface area contributed by atoms with E-state index >= 15 is 0 Å². The van der Waals surface area contributed by atoms with Gasteiger partial charge in [-0.3, -0.25) is 9.80 Å². The molecule has 2 aromatic rings. The fourth-order valence-electron chi connectivity index (χ4n) is 3.51. The minimum atomic E-state index is 1.15. The van der Waals surface area contributed by atoms with Crippen molar-refractivity contribution in [2.24, 2.45) is 0 Å². The largest absolute Gasteiger partial charge is 0.298 e. The SMILES string of the molecule is c1cc(-c2ccc(CN3CCCC3)s2)sc1CN1CCCC1. The van der Waals surface area contributed by atoms with Gasteiger partial charge in [0.15, 0.2) is 0 Å². The summed E-state index contributed by atoms with van der Waals surface area (Å²) >= 11 is 3.97. The molecule has 4 rings (SSSR count). The van der Waals surface area contributed by atoms with Gasteiger partial charge < -0.3 is 0 Å². The van der Waals surface area contributed by atoms with E-state index in [1.165, 1.54) is 71.4 Å². The first-order valence-electron chi connectivity index (χ1n) is 8.49. The fourth-order valence-corrected chi connectivity index (χ4v) is 5.70. The maximum Gasteiger partial charge on any atom is 0.0446 e. The normalized spacial score (nSPS) is 20.2. The molecule has 0 N–H and O–H groups in total. The van der Waals surface area contributed by atoms with Crippen LogP contribution in [0.1, 0.15) is 35.4 Å². The molecule has 0 saturated carbocycles. The van der Waals surface area contributed by atoms with Crippen LogP contribution in [0.4, 0.5) is 0 Å². The van der Waals surface area contributed by atoms with Gasteiger partial charge in [-0.25, -0.2) is 0 Å². The lowest BCUT2D eigenvalue weighted by Crippen LogP contribution is -2.17. The van der Waals surface area contributed by atoms with E-state index < -0.39 is 0 Å². The first-order chi connectivity index (χ1) is 10.9. The number of hydrogen-bond acceptors (Lipinski definition) is 4. The van der Waals surface area contributed by atoms with Gasteiger partial charge in [0.25, 0.3) is 0 Å². The summed E-state index contributed by atoms with van der Waals surface area (Å²) < 4.78 is 0. The number of likely N-dealkylation sites (tertiary alicyclic amines) is 2. The van der Waals surface area contributed by atoms with Crippen LogP contribution in [-0.2, 0) is 13.1 Å². The molecule has 2 fully saturated rings. The Hall–Kier alpha value is -0.680. The van der Waals surface area contributed by atoms with Crippen molar-refractivity contribution in [3.05, 3.63) is 34.0 Å². The second kappa shape index (κ2) is 6.83. The molecule has 0 aliphatic carbocycles. The lowest BCUT2D eigenvalue weighted by Gasteiger charge is -2.12. The van der Waals surface area contributed by atoms with Crippen molar-refractivity contribution in [3.63, 3.8) is 0 Å². The average molecular weight is 333 g/mol. The summed E-state index contributed by atoms with van der Waals surface area (Å²) in [6.45, 7) is 7.43. The smallest absolute Gasteiger partial charge is 0.0446 e. The molecule has 2 saturated heterocycles. The average Bonchev–Trinajstić information content (AvgIpc) is 3.27. The van der Waals surface area contributed by atoms with E-state index in [9.17, 15) is 0 Å². The van der Waals surface area contributed by atoms with Crippen molar-refractivity contribution >= 4 is 22.7 Å². The van der Waals surface area contributed by atoms with Crippen LogP contribution in [0.25, 0.3) is 9.75 Å². The Bertz CT molecular complexity index is 550. The molecule has 0 spiro atoms. The molecule has 0 radical (unpaired) electrons. The van der Waals surface area contributed by atoms with Crippen LogP contribution in [0, 0.1) is 0 Å². The molecule has 118 valence electrons. The maximum absolute atomic E-state index is 2.59. The van der Waals surface area contributed by atoms with Gasteiger partial charge in [0.1, 0.15) is 0 Å². The number of nitrogens with zero attached hydrogens (tertiary/aromatic N) is 2. The van der Waals surface area contributed by atoms with Gasteiger partial charge in [0.2, 0.25) is 0 Å². The van der Waals surface area contributed by atoms with Gasteiger partial charge >= 0.3 is 0 Å². The van der Waals surface area contributed by atoms with Crippen LogP contribution in [0.15, 0.2) is 24.3 Å². The molecule has 2 aliphatic rings. The molecule has 0 atom stereocenters. The summed E-state index contributed by atoms with van der Waals surface area (Å²) in [7, 11) is 0. The van der Waals surface area contributed by atoms with Gasteiger partial charge in [-0.1, -0.05) is 0 Å². The van der Waals surface area contributed by atoms with Crippen LogP contribution in [0.3, 0.4) is 0 Å². The predicted octanol–water partition coefficient (Wildman–Crippen LogP) is 4.67. The lowest BCUT2D eigenvalue weighted by atomic mass is 10.3. The fraction of sp³-hybridized carbons (Fsp3) is 0.556. The molecule has 0 unspecified atom stereocenters. The molecule has 2 nitrogen and oxygen atoms in total. The monoisotopic (exact) mass is 332 g/mol. The van der Waals surface area contributed by atoms with E-state index in [1.807, 2.05) is 22.7 Å². The topological polar surface area (TPSA) is 6.48 Å². The van der Waals surface area contributed by atoms with E-state index in [0.717, 1.165) is 13.1 Å². The molecule has 0 bridgehead atoms. The van der Waals surface area contributed by atoms with Crippen LogP contribution >= 0.6 is 22.7 Å². The number of hydrogen-bond donors (Lipinski definition) is 0. The quantitative estimate of drug-likeness (QED) is 0.785. The zero-order valence-electron chi connectivity index (χ0n) is 13.1. The van der Waals surface area contributed by atoms with Crippen molar-refractivity contribution in [2.45, 2.75) is 38.8 Å².